The summed E-state index contributed by atoms with van der Waals surface area (Å²) in [6.07, 6.45) is -0.598. The third-order valence-corrected chi connectivity index (χ3v) is 5.12. The molecule has 0 spiro atoms. The molecule has 28 heavy (non-hydrogen) atoms. The monoisotopic (exact) mass is 429 g/mol. The number of rotatable bonds is 5. The van der Waals surface area contributed by atoms with E-state index in [4.69, 9.17) is 26.4 Å². The molecule has 1 aromatic rings. The van der Waals surface area contributed by atoms with Crippen LogP contribution in [0.25, 0.3) is 0 Å². The average Bonchev–Trinajstić information content (AvgIpc) is 2.98. The van der Waals surface area contributed by atoms with E-state index in [2.05, 4.69) is 10.6 Å². The molecule has 2 rings (SSSR count). The van der Waals surface area contributed by atoms with Gasteiger partial charge in [-0.15, -0.1) is 11.3 Å². The van der Waals surface area contributed by atoms with Gasteiger partial charge in [0.05, 0.1) is 31.9 Å². The van der Waals surface area contributed by atoms with Crippen LogP contribution in [0.15, 0.2) is 0 Å². The second kappa shape index (κ2) is 10.2. The summed E-state index contributed by atoms with van der Waals surface area (Å²) in [4.78, 5) is 38.5. The molecule has 0 radical (unpaired) electrons. The fourth-order valence-corrected chi connectivity index (χ4v) is 4.18. The number of thiocarbonyl (C=S) groups is 1. The number of alkyl carbamates (subject to hydrolysis) is 1. The number of nitrogens with one attached hydrogen (secondary N) is 2. The van der Waals surface area contributed by atoms with Gasteiger partial charge in [0, 0.05) is 11.4 Å². The van der Waals surface area contributed by atoms with Gasteiger partial charge in [-0.25, -0.2) is 14.4 Å². The highest BCUT2D eigenvalue weighted by atomic mass is 32.1. The van der Waals surface area contributed by atoms with Crippen LogP contribution >= 0.6 is 23.6 Å². The first kappa shape index (κ1) is 21.9. The number of thiophene rings is 1. The van der Waals surface area contributed by atoms with Crippen LogP contribution in [0.1, 0.15) is 41.6 Å². The number of hydrogen-bond donors (Lipinski definition) is 2. The summed E-state index contributed by atoms with van der Waals surface area (Å²) in [5.74, 6) is -0.481. The fourth-order valence-electron chi connectivity index (χ4n) is 2.68. The Morgan fingerprint density at radius 3 is 2.43 bits per heavy atom. The highest BCUT2D eigenvalue weighted by molar-refractivity contribution is 7.80. The largest absolute Gasteiger partial charge is 0.462 e. The Kier molecular flexibility index (Phi) is 8.00. The molecule has 0 aromatic carbocycles. The second-order valence-corrected chi connectivity index (χ2v) is 7.11. The molecule has 11 heteroatoms. The molecule has 2 heterocycles. The van der Waals surface area contributed by atoms with E-state index in [1.807, 2.05) is 0 Å². The summed E-state index contributed by atoms with van der Waals surface area (Å²) in [5, 5.41) is 5.71. The van der Waals surface area contributed by atoms with Crippen LogP contribution in [0.4, 0.5) is 14.6 Å². The first-order chi connectivity index (χ1) is 13.4. The summed E-state index contributed by atoms with van der Waals surface area (Å²) in [6, 6.07) is 0. The van der Waals surface area contributed by atoms with Gasteiger partial charge in [0.1, 0.15) is 5.00 Å². The molecule has 0 unspecified atom stereocenters. The minimum atomic E-state index is -0.688. The highest BCUT2D eigenvalue weighted by Gasteiger charge is 2.31. The lowest BCUT2D eigenvalue weighted by atomic mass is 10.0. The van der Waals surface area contributed by atoms with Crippen LogP contribution in [-0.2, 0) is 27.2 Å². The molecular weight excluding hydrogens is 406 g/mol. The molecule has 0 fully saturated rings. The van der Waals surface area contributed by atoms with E-state index < -0.39 is 18.2 Å². The number of carbonyl (C=O) groups excluding carboxylic acids is 3. The van der Waals surface area contributed by atoms with E-state index in [-0.39, 0.29) is 18.3 Å². The minimum absolute atomic E-state index is 0.00449. The molecule has 1 aliphatic rings. The van der Waals surface area contributed by atoms with Crippen molar-refractivity contribution in [1.82, 2.24) is 10.2 Å². The molecule has 0 saturated carbocycles. The van der Waals surface area contributed by atoms with E-state index in [0.29, 0.717) is 36.7 Å². The Balaban J connectivity index is 2.25. The summed E-state index contributed by atoms with van der Waals surface area (Å²) in [5.41, 5.74) is 1.18. The van der Waals surface area contributed by atoms with Crippen molar-refractivity contribution in [3.63, 3.8) is 0 Å². The average molecular weight is 430 g/mol. The number of ether oxygens (including phenoxy) is 3. The number of esters is 1. The zero-order chi connectivity index (χ0) is 20.7. The van der Waals surface area contributed by atoms with Crippen molar-refractivity contribution in [1.29, 1.82) is 0 Å². The van der Waals surface area contributed by atoms with E-state index >= 15 is 0 Å². The maximum absolute atomic E-state index is 12.5. The fraction of sp³-hybridized carbons (Fsp3) is 0.529. The lowest BCUT2D eigenvalue weighted by Gasteiger charge is -2.26. The standard InChI is InChI=1S/C17H23N3O6S2/c1-4-24-14(21)12-10-7-8-20(17(23)26-6-3)9-11(10)28-13(12)18-15(27)19-16(22)25-5-2/h4-9H2,1-3H3,(H2,18,19,22,27). The molecular formula is C17H23N3O6S2. The Morgan fingerprint density at radius 2 is 1.79 bits per heavy atom. The van der Waals surface area contributed by atoms with E-state index in [1.54, 1.807) is 25.7 Å². The van der Waals surface area contributed by atoms with Gasteiger partial charge in [-0.05, 0) is 45.0 Å². The Bertz CT molecular complexity index is 764. The first-order valence-corrected chi connectivity index (χ1v) is 10.1. The van der Waals surface area contributed by atoms with E-state index in [0.717, 1.165) is 10.4 Å². The van der Waals surface area contributed by atoms with Gasteiger partial charge >= 0.3 is 18.2 Å². The van der Waals surface area contributed by atoms with Crippen molar-refractivity contribution in [2.45, 2.75) is 33.7 Å². The van der Waals surface area contributed by atoms with Gasteiger partial charge in [0.25, 0.3) is 0 Å². The normalized spacial score (nSPS) is 12.6. The zero-order valence-electron chi connectivity index (χ0n) is 16.0. The molecule has 0 saturated heterocycles. The predicted octanol–water partition coefficient (Wildman–Crippen LogP) is 2.88. The number of anilines is 1. The number of hydrogen-bond acceptors (Lipinski definition) is 8. The quantitative estimate of drug-likeness (QED) is 0.418. The summed E-state index contributed by atoms with van der Waals surface area (Å²) < 4.78 is 15.0. The SMILES string of the molecule is CCOC(=O)NC(=S)Nc1sc2c(c1C(=O)OCC)CCN(C(=O)OCC)C2. The highest BCUT2D eigenvalue weighted by Crippen LogP contribution is 2.37. The number of amides is 2. The van der Waals surface area contributed by atoms with Crippen molar-refractivity contribution >= 4 is 51.8 Å². The number of nitrogens with zero attached hydrogens (tertiary/aromatic N) is 1. The van der Waals surface area contributed by atoms with Crippen molar-refractivity contribution in [3.05, 3.63) is 16.0 Å². The molecule has 1 aromatic heterocycles. The van der Waals surface area contributed by atoms with E-state index in [9.17, 15) is 14.4 Å². The van der Waals surface area contributed by atoms with Crippen LogP contribution in [0.2, 0.25) is 0 Å². The molecule has 0 aliphatic carbocycles. The zero-order valence-corrected chi connectivity index (χ0v) is 17.6. The Morgan fingerprint density at radius 1 is 1.11 bits per heavy atom. The Hall–Kier alpha value is -2.40. The van der Waals surface area contributed by atoms with Crippen molar-refractivity contribution < 1.29 is 28.6 Å². The van der Waals surface area contributed by atoms with Crippen LogP contribution in [0.5, 0.6) is 0 Å². The molecule has 154 valence electrons. The van der Waals surface area contributed by atoms with Crippen LogP contribution in [0, 0.1) is 0 Å². The van der Waals surface area contributed by atoms with Gasteiger partial charge in [0.2, 0.25) is 0 Å². The van der Waals surface area contributed by atoms with Crippen LogP contribution < -0.4 is 10.6 Å². The third kappa shape index (κ3) is 5.32. The van der Waals surface area contributed by atoms with Crippen LogP contribution in [-0.4, -0.2) is 54.5 Å². The molecule has 9 nitrogen and oxygen atoms in total. The van der Waals surface area contributed by atoms with E-state index in [1.165, 1.54) is 11.3 Å². The topological polar surface area (TPSA) is 106 Å². The summed E-state index contributed by atoms with van der Waals surface area (Å²) in [6.45, 7) is 6.63. The maximum atomic E-state index is 12.5. The second-order valence-electron chi connectivity index (χ2n) is 5.60. The number of fused-ring (bicyclic) bond motifs is 1. The van der Waals surface area contributed by atoms with Crippen molar-refractivity contribution in [2.75, 3.05) is 31.7 Å². The third-order valence-electron chi connectivity index (χ3n) is 3.78. The maximum Gasteiger partial charge on any atom is 0.413 e. The smallest absolute Gasteiger partial charge is 0.413 e. The van der Waals surface area contributed by atoms with Gasteiger partial charge in [-0.1, -0.05) is 0 Å². The summed E-state index contributed by atoms with van der Waals surface area (Å²) in [7, 11) is 0. The van der Waals surface area contributed by atoms with Crippen LogP contribution in [0.3, 0.4) is 0 Å². The molecule has 2 amide bonds. The van der Waals surface area contributed by atoms with Crippen molar-refractivity contribution in [3.8, 4) is 0 Å². The van der Waals surface area contributed by atoms with Gasteiger partial charge in [-0.3, -0.25) is 5.32 Å². The van der Waals surface area contributed by atoms with Gasteiger partial charge < -0.3 is 24.4 Å². The predicted molar refractivity (Wildman–Crippen MR) is 108 cm³/mol. The first-order valence-electron chi connectivity index (χ1n) is 8.89. The van der Waals surface area contributed by atoms with Gasteiger partial charge in [-0.2, -0.15) is 0 Å². The lowest BCUT2D eigenvalue weighted by molar-refractivity contribution is 0.0526. The summed E-state index contributed by atoms with van der Waals surface area (Å²) >= 11 is 6.41. The van der Waals surface area contributed by atoms with Gasteiger partial charge in [0.15, 0.2) is 5.11 Å². The Labute approximate surface area is 172 Å². The minimum Gasteiger partial charge on any atom is -0.462 e. The molecule has 0 bridgehead atoms. The lowest BCUT2D eigenvalue weighted by Crippen LogP contribution is -2.36. The number of carbonyl (C=O) groups is 3. The molecule has 1 aliphatic heterocycles. The van der Waals surface area contributed by atoms with Crippen molar-refractivity contribution in [2.24, 2.45) is 0 Å². The molecule has 0 atom stereocenters. The molecule has 2 N–H and O–H groups in total.